The van der Waals surface area contributed by atoms with Crippen LogP contribution >= 0.6 is 23.1 Å². The molecule has 2 heterocycles. The number of thioether (sulfide) groups is 1. The maximum absolute atomic E-state index is 13.8. The second-order valence-electron chi connectivity index (χ2n) is 8.03. The number of aromatic nitrogens is 1. The zero-order valence-electron chi connectivity index (χ0n) is 21.5. The van der Waals surface area contributed by atoms with Crippen LogP contribution in [0.25, 0.3) is 6.08 Å². The molecule has 0 spiro atoms. The highest BCUT2D eigenvalue weighted by Crippen LogP contribution is 2.38. The van der Waals surface area contributed by atoms with Crippen molar-refractivity contribution in [3.8, 4) is 17.2 Å². The molecule has 37 heavy (non-hydrogen) atoms. The van der Waals surface area contributed by atoms with Crippen molar-refractivity contribution in [2.24, 2.45) is 4.99 Å². The Hall–Kier alpha value is -3.50. The van der Waals surface area contributed by atoms with Crippen molar-refractivity contribution in [3.05, 3.63) is 78.5 Å². The van der Waals surface area contributed by atoms with E-state index in [9.17, 15) is 9.59 Å². The Morgan fingerprint density at radius 3 is 2.30 bits per heavy atom. The third-order valence-corrected chi connectivity index (χ3v) is 7.66. The summed E-state index contributed by atoms with van der Waals surface area (Å²) in [5.74, 6) is 0.940. The van der Waals surface area contributed by atoms with E-state index in [1.165, 1.54) is 32.7 Å². The lowest BCUT2D eigenvalue weighted by Crippen LogP contribution is -2.39. The Morgan fingerprint density at radius 2 is 1.76 bits per heavy atom. The van der Waals surface area contributed by atoms with Crippen LogP contribution in [0.1, 0.15) is 31.0 Å². The zero-order chi connectivity index (χ0) is 26.7. The molecule has 1 unspecified atom stereocenters. The van der Waals surface area contributed by atoms with Crippen LogP contribution in [-0.2, 0) is 9.53 Å². The molecule has 0 saturated heterocycles. The first kappa shape index (κ1) is 26.6. The second kappa shape index (κ2) is 11.3. The number of hydrogen-bond acceptors (Lipinski definition) is 9. The van der Waals surface area contributed by atoms with Gasteiger partial charge in [-0.25, -0.2) is 9.79 Å². The van der Waals surface area contributed by atoms with Crippen LogP contribution < -0.4 is 29.1 Å². The molecule has 0 radical (unpaired) electrons. The largest absolute Gasteiger partial charge is 0.493 e. The van der Waals surface area contributed by atoms with Crippen molar-refractivity contribution in [1.29, 1.82) is 0 Å². The van der Waals surface area contributed by atoms with Crippen LogP contribution in [0.15, 0.2) is 62.4 Å². The molecule has 8 nitrogen and oxygen atoms in total. The fourth-order valence-electron chi connectivity index (χ4n) is 4.23. The number of allylic oxidation sites excluding steroid dienone is 1. The van der Waals surface area contributed by atoms with E-state index in [0.29, 0.717) is 43.4 Å². The van der Waals surface area contributed by atoms with Gasteiger partial charge in [-0.05, 0) is 61.6 Å². The third-order valence-electron chi connectivity index (χ3n) is 5.93. The SMILES string of the molecule is CCOC(=O)C1=C(C)N=c2sc(=Cc3cc(OC)c(OC)c(OC)c3)c(=O)n2C1c1ccc(SC)cc1. The summed E-state index contributed by atoms with van der Waals surface area (Å²) in [7, 11) is 4.61. The van der Waals surface area contributed by atoms with Crippen molar-refractivity contribution >= 4 is 35.1 Å². The Morgan fingerprint density at radius 1 is 1.11 bits per heavy atom. The minimum atomic E-state index is -0.659. The number of rotatable bonds is 8. The van der Waals surface area contributed by atoms with Gasteiger partial charge in [0.25, 0.3) is 5.56 Å². The normalized spacial score (nSPS) is 15.2. The van der Waals surface area contributed by atoms with Crippen molar-refractivity contribution in [1.82, 2.24) is 4.57 Å². The molecule has 3 aromatic rings. The van der Waals surface area contributed by atoms with Gasteiger partial charge in [0.1, 0.15) is 0 Å². The number of esters is 1. The molecule has 194 valence electrons. The molecule has 0 saturated carbocycles. The van der Waals surface area contributed by atoms with Crippen molar-refractivity contribution in [2.75, 3.05) is 34.2 Å². The van der Waals surface area contributed by atoms with Crippen molar-refractivity contribution < 1.29 is 23.7 Å². The molecular formula is C27H28N2O6S2. The van der Waals surface area contributed by atoms with Crippen LogP contribution in [0.3, 0.4) is 0 Å². The molecule has 1 aliphatic rings. The predicted molar refractivity (Wildman–Crippen MR) is 145 cm³/mol. The highest BCUT2D eigenvalue weighted by atomic mass is 32.2. The van der Waals surface area contributed by atoms with Gasteiger partial charge in [-0.2, -0.15) is 0 Å². The van der Waals surface area contributed by atoms with E-state index in [-0.39, 0.29) is 12.2 Å². The highest BCUT2D eigenvalue weighted by Gasteiger charge is 2.33. The lowest BCUT2D eigenvalue weighted by atomic mass is 9.96. The van der Waals surface area contributed by atoms with Crippen LogP contribution in [0.4, 0.5) is 0 Å². The highest BCUT2D eigenvalue weighted by molar-refractivity contribution is 7.98. The van der Waals surface area contributed by atoms with E-state index < -0.39 is 12.0 Å². The number of fused-ring (bicyclic) bond motifs is 1. The number of nitrogens with zero attached hydrogens (tertiary/aromatic N) is 2. The van der Waals surface area contributed by atoms with Gasteiger partial charge in [0.05, 0.1) is 49.8 Å². The Labute approximate surface area is 222 Å². The standard InChI is InChI=1S/C27H28N2O6S2/c1-7-35-26(31)22-15(2)28-27-29(23(22)17-8-10-18(36-6)11-9-17)25(30)21(37-27)14-16-12-19(32-3)24(34-5)20(13-16)33-4/h8-14,23H,7H2,1-6H3. The minimum absolute atomic E-state index is 0.222. The first-order valence-corrected chi connectivity index (χ1v) is 13.5. The van der Waals surface area contributed by atoms with Crippen LogP contribution in [-0.4, -0.2) is 44.7 Å². The van der Waals surface area contributed by atoms with Gasteiger partial charge in [0.15, 0.2) is 16.3 Å². The summed E-state index contributed by atoms with van der Waals surface area (Å²) in [5, 5.41) is 0. The predicted octanol–water partition coefficient (Wildman–Crippen LogP) is 3.55. The number of thiazole rings is 1. The Bertz CT molecular complexity index is 1510. The minimum Gasteiger partial charge on any atom is -0.493 e. The van der Waals surface area contributed by atoms with Crippen LogP contribution in [0.5, 0.6) is 17.2 Å². The Kier molecular flexibility index (Phi) is 8.09. The summed E-state index contributed by atoms with van der Waals surface area (Å²) in [6, 6.07) is 10.7. The fraction of sp³-hybridized carbons (Fsp3) is 0.296. The monoisotopic (exact) mass is 540 g/mol. The maximum Gasteiger partial charge on any atom is 0.338 e. The number of methoxy groups -OCH3 is 3. The summed E-state index contributed by atoms with van der Waals surface area (Å²) in [6.45, 7) is 3.74. The number of carbonyl (C=O) groups excluding carboxylic acids is 1. The summed E-state index contributed by atoms with van der Waals surface area (Å²) < 4.78 is 23.7. The molecule has 1 aromatic heterocycles. The van der Waals surface area contributed by atoms with Crippen molar-refractivity contribution in [2.45, 2.75) is 24.8 Å². The van der Waals surface area contributed by atoms with E-state index in [2.05, 4.69) is 4.99 Å². The van der Waals surface area contributed by atoms with E-state index in [1.807, 2.05) is 30.5 Å². The molecule has 0 bridgehead atoms. The second-order valence-corrected chi connectivity index (χ2v) is 9.92. The van der Waals surface area contributed by atoms with E-state index in [0.717, 1.165) is 10.5 Å². The molecule has 0 amide bonds. The third kappa shape index (κ3) is 5.03. The average Bonchev–Trinajstić information content (AvgIpc) is 3.21. The number of benzene rings is 2. The molecule has 2 aromatic carbocycles. The van der Waals surface area contributed by atoms with Gasteiger partial charge in [0.2, 0.25) is 5.75 Å². The van der Waals surface area contributed by atoms with Crippen LogP contribution in [0, 0.1) is 0 Å². The zero-order valence-corrected chi connectivity index (χ0v) is 23.1. The topological polar surface area (TPSA) is 88.4 Å². The summed E-state index contributed by atoms with van der Waals surface area (Å²) in [5.41, 5.74) is 2.12. The number of carbonyl (C=O) groups is 1. The van der Waals surface area contributed by atoms with Gasteiger partial charge in [-0.15, -0.1) is 11.8 Å². The van der Waals surface area contributed by atoms with Gasteiger partial charge < -0.3 is 18.9 Å². The van der Waals surface area contributed by atoms with Crippen LogP contribution in [0.2, 0.25) is 0 Å². The van der Waals surface area contributed by atoms with Gasteiger partial charge in [-0.1, -0.05) is 23.5 Å². The van der Waals surface area contributed by atoms with Gasteiger partial charge in [-0.3, -0.25) is 9.36 Å². The summed E-state index contributed by atoms with van der Waals surface area (Å²) in [6.07, 6.45) is 3.75. The molecule has 4 rings (SSSR count). The average molecular weight is 541 g/mol. The Balaban J connectivity index is 1.94. The fourth-order valence-corrected chi connectivity index (χ4v) is 5.68. The lowest BCUT2D eigenvalue weighted by Gasteiger charge is -2.24. The van der Waals surface area contributed by atoms with Crippen molar-refractivity contribution in [3.63, 3.8) is 0 Å². The van der Waals surface area contributed by atoms with E-state index in [4.69, 9.17) is 18.9 Å². The van der Waals surface area contributed by atoms with E-state index in [1.54, 1.807) is 48.4 Å². The summed E-state index contributed by atoms with van der Waals surface area (Å²) in [4.78, 5) is 33.1. The molecule has 0 N–H and O–H groups in total. The first-order valence-electron chi connectivity index (χ1n) is 11.5. The number of ether oxygens (including phenoxy) is 4. The molecular weight excluding hydrogens is 512 g/mol. The molecule has 0 fully saturated rings. The molecule has 1 atom stereocenters. The maximum atomic E-state index is 13.8. The van der Waals surface area contributed by atoms with Gasteiger partial charge >= 0.3 is 5.97 Å². The molecule has 1 aliphatic heterocycles. The smallest absolute Gasteiger partial charge is 0.338 e. The first-order chi connectivity index (χ1) is 17.9. The van der Waals surface area contributed by atoms with Gasteiger partial charge in [0, 0.05) is 4.90 Å². The molecule has 0 aliphatic carbocycles. The molecule has 10 heteroatoms. The van der Waals surface area contributed by atoms with E-state index >= 15 is 0 Å². The lowest BCUT2D eigenvalue weighted by molar-refractivity contribution is -0.139. The number of hydrogen-bond donors (Lipinski definition) is 0. The summed E-state index contributed by atoms with van der Waals surface area (Å²) >= 11 is 2.88. The quantitative estimate of drug-likeness (QED) is 0.319.